The van der Waals surface area contributed by atoms with Crippen LogP contribution in [0.2, 0.25) is 0 Å². The predicted octanol–water partition coefficient (Wildman–Crippen LogP) is -0.499. The molecular weight excluding hydrogens is 120 g/mol. The zero-order valence-corrected chi connectivity index (χ0v) is 5.83. The topological polar surface area (TPSA) is 60.7 Å². The summed E-state index contributed by atoms with van der Waals surface area (Å²) in [5.41, 5.74) is -1.13. The Hall–Kier alpha value is -0.120. The van der Waals surface area contributed by atoms with Crippen LogP contribution in [-0.2, 0) is 0 Å². The van der Waals surface area contributed by atoms with E-state index in [0.717, 1.165) is 0 Å². The van der Waals surface area contributed by atoms with Gasteiger partial charge in [0.1, 0.15) is 0 Å². The smallest absolute Gasteiger partial charge is 0.0873 e. The largest absolute Gasteiger partial charge is 0.393 e. The van der Waals surface area contributed by atoms with Crippen molar-refractivity contribution in [2.75, 3.05) is 6.61 Å². The Kier molecular flexibility index (Phi) is 3.11. The van der Waals surface area contributed by atoms with Crippen LogP contribution in [0.15, 0.2) is 0 Å². The molecule has 0 aliphatic carbocycles. The second-order valence-electron chi connectivity index (χ2n) is 2.71. The lowest BCUT2D eigenvalue weighted by Crippen LogP contribution is -2.32. The van der Waals surface area contributed by atoms with Crippen molar-refractivity contribution in [1.29, 1.82) is 0 Å². The number of hydrogen-bond donors (Lipinski definition) is 3. The molecule has 9 heavy (non-hydrogen) atoms. The zero-order chi connectivity index (χ0) is 7.49. The van der Waals surface area contributed by atoms with Crippen LogP contribution >= 0.6 is 0 Å². The molecule has 0 saturated heterocycles. The van der Waals surface area contributed by atoms with E-state index in [1.807, 2.05) is 0 Å². The van der Waals surface area contributed by atoms with Crippen molar-refractivity contribution in [2.24, 2.45) is 0 Å². The molecule has 0 amide bonds. The van der Waals surface area contributed by atoms with E-state index < -0.39 is 11.7 Å². The zero-order valence-electron chi connectivity index (χ0n) is 5.83. The minimum atomic E-state index is -1.13. The van der Waals surface area contributed by atoms with Crippen molar-refractivity contribution < 1.29 is 15.3 Å². The molecule has 3 N–H and O–H groups in total. The fourth-order valence-electron chi connectivity index (χ4n) is 0.701. The Bertz CT molecular complexity index is 78.4. The summed E-state index contributed by atoms with van der Waals surface area (Å²) in [7, 11) is 0. The summed E-state index contributed by atoms with van der Waals surface area (Å²) in [6, 6.07) is 0. The van der Waals surface area contributed by atoms with Gasteiger partial charge in [-0.05, 0) is 13.8 Å². The van der Waals surface area contributed by atoms with E-state index in [9.17, 15) is 0 Å². The molecule has 0 aliphatic rings. The van der Waals surface area contributed by atoms with Crippen molar-refractivity contribution in [2.45, 2.75) is 32.0 Å². The maximum absolute atomic E-state index is 9.08. The van der Waals surface area contributed by atoms with Crippen molar-refractivity contribution in [1.82, 2.24) is 0 Å². The third-order valence-corrected chi connectivity index (χ3v) is 1.08. The van der Waals surface area contributed by atoms with Crippen LogP contribution in [0.1, 0.15) is 20.3 Å². The van der Waals surface area contributed by atoms with Crippen LogP contribution in [0.3, 0.4) is 0 Å². The number of aliphatic hydroxyl groups is 3. The van der Waals surface area contributed by atoms with Crippen molar-refractivity contribution in [3.8, 4) is 0 Å². The molecule has 3 nitrogen and oxygen atoms in total. The van der Waals surface area contributed by atoms with Crippen LogP contribution in [0.5, 0.6) is 0 Å². The minimum absolute atomic E-state index is 0.212. The molecule has 0 unspecified atom stereocenters. The van der Waals surface area contributed by atoms with Crippen LogP contribution in [0, 0.1) is 0 Å². The fourth-order valence-corrected chi connectivity index (χ4v) is 0.701. The summed E-state index contributed by atoms with van der Waals surface area (Å²) in [6.45, 7) is 2.75. The fraction of sp³-hybridized carbons (Fsp3) is 1.00. The molecule has 0 saturated carbocycles. The third-order valence-electron chi connectivity index (χ3n) is 1.08. The quantitative estimate of drug-likeness (QED) is 0.487. The molecule has 0 aromatic carbocycles. The summed E-state index contributed by atoms with van der Waals surface area (Å²) < 4.78 is 0. The molecule has 0 fully saturated rings. The Morgan fingerprint density at radius 2 is 2.00 bits per heavy atom. The first-order valence-electron chi connectivity index (χ1n) is 2.99. The second-order valence-corrected chi connectivity index (χ2v) is 2.71. The van der Waals surface area contributed by atoms with Gasteiger partial charge in [0.15, 0.2) is 0 Å². The predicted molar refractivity (Wildman–Crippen MR) is 34.0 cm³/mol. The minimum Gasteiger partial charge on any atom is -0.393 e. The lowest BCUT2D eigenvalue weighted by atomic mass is 10.0. The Morgan fingerprint density at radius 1 is 1.56 bits per heavy atom. The molecule has 0 rings (SSSR count). The van der Waals surface area contributed by atoms with Crippen LogP contribution in [-0.4, -0.2) is 33.6 Å². The molecule has 0 heterocycles. The molecule has 56 valence electrons. The summed E-state index contributed by atoms with van der Waals surface area (Å²) in [5.74, 6) is 0. The van der Waals surface area contributed by atoms with E-state index in [-0.39, 0.29) is 13.0 Å². The average Bonchev–Trinajstić information content (AvgIpc) is 1.63. The summed E-state index contributed by atoms with van der Waals surface area (Å²) >= 11 is 0. The van der Waals surface area contributed by atoms with Crippen LogP contribution < -0.4 is 0 Å². The van der Waals surface area contributed by atoms with Crippen molar-refractivity contribution >= 4 is 0 Å². The normalized spacial score (nSPS) is 21.0. The summed E-state index contributed by atoms with van der Waals surface area (Å²) in [6.07, 6.45) is -0.351. The van der Waals surface area contributed by atoms with Crippen LogP contribution in [0.4, 0.5) is 0 Å². The van der Waals surface area contributed by atoms with E-state index in [1.54, 1.807) is 6.92 Å². The lowest BCUT2D eigenvalue weighted by molar-refractivity contribution is -0.0323. The first kappa shape index (κ1) is 8.88. The molecule has 0 aromatic heterocycles. The van der Waals surface area contributed by atoms with Gasteiger partial charge in [-0.1, -0.05) is 0 Å². The van der Waals surface area contributed by atoms with Gasteiger partial charge in [-0.3, -0.25) is 0 Å². The standard InChI is InChI=1S/C6H14O3/c1-5(8)3-6(2,9)4-7/h5,7-9H,3-4H2,1-2H3/t5-,6-/m0/s1. The SMILES string of the molecule is C[C@H](O)C[C@](C)(O)CO. The molecule has 0 bridgehead atoms. The van der Waals surface area contributed by atoms with Gasteiger partial charge in [0.05, 0.1) is 18.3 Å². The van der Waals surface area contributed by atoms with Crippen molar-refractivity contribution in [3.05, 3.63) is 0 Å². The number of rotatable bonds is 3. The highest BCUT2D eigenvalue weighted by Crippen LogP contribution is 2.09. The lowest BCUT2D eigenvalue weighted by Gasteiger charge is -2.21. The maximum atomic E-state index is 9.08. The van der Waals surface area contributed by atoms with E-state index in [0.29, 0.717) is 0 Å². The third kappa shape index (κ3) is 4.39. The van der Waals surface area contributed by atoms with E-state index in [4.69, 9.17) is 15.3 Å². The Balaban J connectivity index is 3.58. The molecule has 0 aromatic rings. The van der Waals surface area contributed by atoms with Gasteiger partial charge in [-0.15, -0.1) is 0 Å². The second kappa shape index (κ2) is 3.15. The monoisotopic (exact) mass is 134 g/mol. The van der Waals surface area contributed by atoms with Gasteiger partial charge in [-0.25, -0.2) is 0 Å². The first-order chi connectivity index (χ1) is 3.98. The highest BCUT2D eigenvalue weighted by molar-refractivity contribution is 4.72. The Labute approximate surface area is 54.9 Å². The first-order valence-corrected chi connectivity index (χ1v) is 2.99. The van der Waals surface area contributed by atoms with E-state index in [1.165, 1.54) is 6.92 Å². The van der Waals surface area contributed by atoms with E-state index in [2.05, 4.69) is 0 Å². The summed E-state index contributed by atoms with van der Waals surface area (Å²) in [5, 5.41) is 26.3. The molecular formula is C6H14O3. The van der Waals surface area contributed by atoms with Gasteiger partial charge in [-0.2, -0.15) is 0 Å². The molecule has 0 spiro atoms. The Morgan fingerprint density at radius 3 is 2.11 bits per heavy atom. The summed E-state index contributed by atoms with van der Waals surface area (Å²) in [4.78, 5) is 0. The van der Waals surface area contributed by atoms with Gasteiger partial charge in [0.2, 0.25) is 0 Å². The van der Waals surface area contributed by atoms with Gasteiger partial charge in [0, 0.05) is 6.42 Å². The average molecular weight is 134 g/mol. The number of aliphatic hydroxyl groups excluding tert-OH is 2. The number of hydrogen-bond acceptors (Lipinski definition) is 3. The highest BCUT2D eigenvalue weighted by Gasteiger charge is 2.20. The van der Waals surface area contributed by atoms with Crippen molar-refractivity contribution in [3.63, 3.8) is 0 Å². The molecule has 2 atom stereocenters. The van der Waals surface area contributed by atoms with Gasteiger partial charge in [0.25, 0.3) is 0 Å². The molecule has 0 aliphatic heterocycles. The van der Waals surface area contributed by atoms with Gasteiger partial charge >= 0.3 is 0 Å². The van der Waals surface area contributed by atoms with Gasteiger partial charge < -0.3 is 15.3 Å². The maximum Gasteiger partial charge on any atom is 0.0873 e. The molecule has 3 heteroatoms. The van der Waals surface area contributed by atoms with Crippen LogP contribution in [0.25, 0.3) is 0 Å². The highest BCUT2D eigenvalue weighted by atomic mass is 16.3. The van der Waals surface area contributed by atoms with E-state index >= 15 is 0 Å². The molecule has 0 radical (unpaired) electrons.